The Balaban J connectivity index is 2.06. The molecule has 1 aromatic rings. The number of carboxylic acids is 1. The van der Waals surface area contributed by atoms with Gasteiger partial charge < -0.3 is 15.3 Å². The number of carbonyl (C=O) groups excluding carboxylic acids is 1. The maximum atomic E-state index is 12.0. The number of carbonyl (C=O) groups is 2. The number of halogens is 1. The summed E-state index contributed by atoms with van der Waals surface area (Å²) in [6.07, 6.45) is 3.20. The fraction of sp³-hybridized carbons (Fsp3) is 0.385. The summed E-state index contributed by atoms with van der Waals surface area (Å²) < 4.78 is 0. The molecule has 0 aliphatic heterocycles. The Kier molecular flexibility index (Phi) is 3.95. The molecule has 1 saturated carbocycles. The van der Waals surface area contributed by atoms with Crippen molar-refractivity contribution in [1.29, 1.82) is 0 Å². The van der Waals surface area contributed by atoms with Gasteiger partial charge in [-0.05, 0) is 37.5 Å². The number of urea groups is 1. The number of amides is 2. The van der Waals surface area contributed by atoms with Gasteiger partial charge in [0.15, 0.2) is 0 Å². The molecule has 5 nitrogen and oxygen atoms in total. The van der Waals surface area contributed by atoms with Crippen LogP contribution in [0.3, 0.4) is 0 Å². The van der Waals surface area contributed by atoms with E-state index in [2.05, 4.69) is 5.32 Å². The zero-order valence-corrected chi connectivity index (χ0v) is 11.3. The van der Waals surface area contributed by atoms with Crippen LogP contribution in [0, 0.1) is 0 Å². The number of hydrogen-bond donors (Lipinski definition) is 2. The van der Waals surface area contributed by atoms with Crippen molar-refractivity contribution in [1.82, 2.24) is 4.90 Å². The molecule has 19 heavy (non-hydrogen) atoms. The Morgan fingerprint density at radius 1 is 1.42 bits per heavy atom. The van der Waals surface area contributed by atoms with Gasteiger partial charge in [0.25, 0.3) is 0 Å². The molecule has 0 spiro atoms. The van der Waals surface area contributed by atoms with Crippen LogP contribution in [-0.2, 0) is 0 Å². The number of carboxylic acid groups (broad SMARTS) is 1. The smallest absolute Gasteiger partial charge is 0.335 e. The maximum absolute atomic E-state index is 12.0. The highest BCUT2D eigenvalue weighted by atomic mass is 35.5. The average molecular weight is 283 g/mol. The van der Waals surface area contributed by atoms with E-state index in [9.17, 15) is 9.59 Å². The van der Waals surface area contributed by atoms with Gasteiger partial charge in [0.2, 0.25) is 0 Å². The van der Waals surface area contributed by atoms with Crippen LogP contribution in [0.15, 0.2) is 18.2 Å². The van der Waals surface area contributed by atoms with E-state index in [1.807, 2.05) is 0 Å². The Morgan fingerprint density at radius 2 is 2.11 bits per heavy atom. The molecule has 2 amide bonds. The monoisotopic (exact) mass is 282 g/mol. The van der Waals surface area contributed by atoms with Crippen molar-refractivity contribution in [2.24, 2.45) is 0 Å². The number of hydrogen-bond acceptors (Lipinski definition) is 2. The third-order valence-corrected chi connectivity index (χ3v) is 3.71. The minimum Gasteiger partial charge on any atom is -0.478 e. The molecule has 0 saturated heterocycles. The lowest BCUT2D eigenvalue weighted by Crippen LogP contribution is -2.43. The van der Waals surface area contributed by atoms with E-state index >= 15 is 0 Å². The lowest BCUT2D eigenvalue weighted by Gasteiger charge is -2.34. The van der Waals surface area contributed by atoms with Crippen LogP contribution in [0.25, 0.3) is 0 Å². The normalized spacial score (nSPS) is 14.6. The number of nitrogens with zero attached hydrogens (tertiary/aromatic N) is 1. The summed E-state index contributed by atoms with van der Waals surface area (Å²) in [7, 11) is 1.75. The molecule has 6 heteroatoms. The van der Waals surface area contributed by atoms with E-state index in [4.69, 9.17) is 16.7 Å². The lowest BCUT2D eigenvalue weighted by molar-refractivity contribution is 0.0697. The predicted octanol–water partition coefficient (Wildman–Crippen LogP) is 3.05. The minimum atomic E-state index is -1.05. The Hall–Kier alpha value is -1.75. The molecule has 0 aromatic heterocycles. The standard InChI is InChI=1S/C13H15ClN2O3/c1-16(9-3-2-4-9)13(19)15-11-6-5-8(12(17)18)7-10(11)14/h5-7,9H,2-4H2,1H3,(H,15,19)(H,17,18). The fourth-order valence-electron chi connectivity index (χ4n) is 1.89. The highest BCUT2D eigenvalue weighted by Crippen LogP contribution is 2.26. The molecule has 0 atom stereocenters. The molecule has 2 N–H and O–H groups in total. The van der Waals surface area contributed by atoms with Crippen molar-refractivity contribution in [2.45, 2.75) is 25.3 Å². The molecule has 1 fully saturated rings. The number of anilines is 1. The van der Waals surface area contributed by atoms with E-state index in [0.717, 1.165) is 19.3 Å². The van der Waals surface area contributed by atoms with E-state index in [1.54, 1.807) is 11.9 Å². The average Bonchev–Trinajstić information content (AvgIpc) is 2.29. The summed E-state index contributed by atoms with van der Waals surface area (Å²) in [6.45, 7) is 0. The zero-order valence-electron chi connectivity index (χ0n) is 10.5. The van der Waals surface area contributed by atoms with E-state index in [1.165, 1.54) is 18.2 Å². The number of benzene rings is 1. The molecule has 0 heterocycles. The van der Waals surface area contributed by atoms with Gasteiger partial charge in [0.1, 0.15) is 0 Å². The summed E-state index contributed by atoms with van der Waals surface area (Å²) >= 11 is 5.95. The largest absolute Gasteiger partial charge is 0.478 e. The van der Waals surface area contributed by atoms with E-state index in [-0.39, 0.29) is 22.7 Å². The maximum Gasteiger partial charge on any atom is 0.335 e. The second-order valence-electron chi connectivity index (χ2n) is 4.63. The number of rotatable bonds is 3. The second kappa shape index (κ2) is 5.48. The van der Waals surface area contributed by atoms with Crippen LogP contribution in [0.2, 0.25) is 5.02 Å². The molecule has 0 unspecified atom stereocenters. The van der Waals surface area contributed by atoms with Gasteiger partial charge in [-0.15, -0.1) is 0 Å². The van der Waals surface area contributed by atoms with Crippen molar-refractivity contribution >= 4 is 29.3 Å². The van der Waals surface area contributed by atoms with Crippen LogP contribution in [0.5, 0.6) is 0 Å². The van der Waals surface area contributed by atoms with Crippen molar-refractivity contribution < 1.29 is 14.7 Å². The van der Waals surface area contributed by atoms with Gasteiger partial charge in [-0.3, -0.25) is 0 Å². The van der Waals surface area contributed by atoms with E-state index in [0.29, 0.717) is 5.69 Å². The third-order valence-electron chi connectivity index (χ3n) is 3.40. The molecule has 1 aromatic carbocycles. The zero-order chi connectivity index (χ0) is 14.0. The summed E-state index contributed by atoms with van der Waals surface area (Å²) in [4.78, 5) is 24.4. The molecule has 0 radical (unpaired) electrons. The van der Waals surface area contributed by atoms with Crippen molar-refractivity contribution in [3.63, 3.8) is 0 Å². The Bertz CT molecular complexity index is 515. The van der Waals surface area contributed by atoms with Crippen LogP contribution in [-0.4, -0.2) is 35.1 Å². The van der Waals surface area contributed by atoms with Gasteiger partial charge >= 0.3 is 12.0 Å². The molecular weight excluding hydrogens is 268 g/mol. The molecule has 1 aliphatic rings. The van der Waals surface area contributed by atoms with Gasteiger partial charge in [-0.1, -0.05) is 11.6 Å². The first-order chi connectivity index (χ1) is 8.99. The molecule has 102 valence electrons. The molecule has 2 rings (SSSR count). The fourth-order valence-corrected chi connectivity index (χ4v) is 2.12. The summed E-state index contributed by atoms with van der Waals surface area (Å²) in [6, 6.07) is 4.29. The van der Waals surface area contributed by atoms with Crippen molar-refractivity contribution in [2.75, 3.05) is 12.4 Å². The summed E-state index contributed by atoms with van der Waals surface area (Å²) in [5, 5.41) is 11.7. The van der Waals surface area contributed by atoms with Crippen LogP contribution in [0.4, 0.5) is 10.5 Å². The molecule has 1 aliphatic carbocycles. The first kappa shape index (κ1) is 13.7. The number of aromatic carboxylic acids is 1. The Morgan fingerprint density at radius 3 is 2.58 bits per heavy atom. The van der Waals surface area contributed by atoms with Gasteiger partial charge in [-0.25, -0.2) is 9.59 Å². The predicted molar refractivity (Wildman–Crippen MR) is 72.8 cm³/mol. The van der Waals surface area contributed by atoms with Crippen molar-refractivity contribution in [3.8, 4) is 0 Å². The molecule has 0 bridgehead atoms. The van der Waals surface area contributed by atoms with E-state index < -0.39 is 5.97 Å². The highest BCUT2D eigenvalue weighted by Gasteiger charge is 2.25. The topological polar surface area (TPSA) is 69.6 Å². The highest BCUT2D eigenvalue weighted by molar-refractivity contribution is 6.34. The quantitative estimate of drug-likeness (QED) is 0.895. The first-order valence-electron chi connectivity index (χ1n) is 6.05. The van der Waals surface area contributed by atoms with Gasteiger partial charge in [-0.2, -0.15) is 0 Å². The van der Waals surface area contributed by atoms with Crippen LogP contribution in [0.1, 0.15) is 29.6 Å². The SMILES string of the molecule is CN(C(=O)Nc1ccc(C(=O)O)cc1Cl)C1CCC1. The molecular formula is C13H15ClN2O3. The van der Waals surface area contributed by atoms with Crippen LogP contribution < -0.4 is 5.32 Å². The second-order valence-corrected chi connectivity index (χ2v) is 5.03. The van der Waals surface area contributed by atoms with Gasteiger partial charge in [0, 0.05) is 13.1 Å². The number of nitrogens with one attached hydrogen (secondary N) is 1. The summed E-state index contributed by atoms with van der Waals surface area (Å²) in [5.41, 5.74) is 0.512. The lowest BCUT2D eigenvalue weighted by atomic mass is 9.92. The summed E-state index contributed by atoms with van der Waals surface area (Å²) in [5.74, 6) is -1.05. The van der Waals surface area contributed by atoms with Crippen LogP contribution >= 0.6 is 11.6 Å². The third kappa shape index (κ3) is 2.98. The van der Waals surface area contributed by atoms with Gasteiger partial charge in [0.05, 0.1) is 16.3 Å². The first-order valence-corrected chi connectivity index (χ1v) is 6.43. The minimum absolute atomic E-state index is 0.0929. The van der Waals surface area contributed by atoms with Crippen molar-refractivity contribution in [3.05, 3.63) is 28.8 Å². The Labute approximate surface area is 116 Å².